The fourth-order valence-electron chi connectivity index (χ4n) is 1.27. The predicted octanol–water partition coefficient (Wildman–Crippen LogP) is 3.52. The third-order valence-corrected chi connectivity index (χ3v) is 2.46. The number of nitrogen functional groups attached to an aromatic ring is 1. The molecule has 1 aromatic carbocycles. The highest BCUT2D eigenvalue weighted by molar-refractivity contribution is 6.32. The summed E-state index contributed by atoms with van der Waals surface area (Å²) in [4.78, 5) is 6.67. The van der Waals surface area contributed by atoms with Gasteiger partial charge in [-0.15, -0.1) is 0 Å². The van der Waals surface area contributed by atoms with Crippen LogP contribution in [-0.2, 0) is 6.18 Å². The molecule has 0 amide bonds. The maximum Gasteiger partial charge on any atom is 0.435 e. The number of hydrogen-bond acceptors (Lipinski definition) is 4. The van der Waals surface area contributed by atoms with Crippen molar-refractivity contribution in [3.63, 3.8) is 0 Å². The molecule has 0 aliphatic rings. The molecule has 2 aromatic rings. The van der Waals surface area contributed by atoms with Crippen molar-refractivity contribution >= 4 is 17.3 Å². The second-order valence-corrected chi connectivity index (χ2v) is 3.89. The van der Waals surface area contributed by atoms with Crippen molar-refractivity contribution in [3.8, 4) is 11.6 Å². The first-order valence-corrected chi connectivity index (χ1v) is 5.37. The molecule has 1 heterocycles. The minimum Gasteiger partial charge on any atom is -0.437 e. The Morgan fingerprint density at radius 3 is 2.32 bits per heavy atom. The Morgan fingerprint density at radius 2 is 1.74 bits per heavy atom. The van der Waals surface area contributed by atoms with Gasteiger partial charge in [-0.3, -0.25) is 0 Å². The average molecular weight is 290 g/mol. The van der Waals surface area contributed by atoms with Gasteiger partial charge in [-0.2, -0.15) is 13.2 Å². The zero-order valence-electron chi connectivity index (χ0n) is 9.28. The molecule has 0 bridgehead atoms. The van der Waals surface area contributed by atoms with Crippen LogP contribution in [0.25, 0.3) is 0 Å². The quantitative estimate of drug-likeness (QED) is 0.859. The summed E-state index contributed by atoms with van der Waals surface area (Å²) in [7, 11) is 0. The number of ether oxygens (including phenoxy) is 1. The van der Waals surface area contributed by atoms with Gasteiger partial charge < -0.3 is 10.5 Å². The lowest BCUT2D eigenvalue weighted by atomic mass is 10.3. The molecule has 0 aliphatic carbocycles. The van der Waals surface area contributed by atoms with E-state index in [1.807, 2.05) is 0 Å². The molecule has 0 unspecified atom stereocenters. The van der Waals surface area contributed by atoms with Crippen LogP contribution in [-0.4, -0.2) is 9.97 Å². The molecule has 4 nitrogen and oxygen atoms in total. The number of alkyl halides is 3. The number of aromatic nitrogens is 2. The van der Waals surface area contributed by atoms with E-state index < -0.39 is 16.9 Å². The standard InChI is InChI=1S/C11H7ClF3N3O/c12-8-9(11(13,14)15)17-5-18-10(8)19-7-3-1-6(16)2-4-7/h1-5H,16H2. The Morgan fingerprint density at radius 1 is 1.11 bits per heavy atom. The number of nitrogens with zero attached hydrogens (tertiary/aromatic N) is 2. The van der Waals surface area contributed by atoms with Crippen molar-refractivity contribution in [1.29, 1.82) is 0 Å². The van der Waals surface area contributed by atoms with Crippen LogP contribution in [0.2, 0.25) is 5.02 Å². The second kappa shape index (κ2) is 4.93. The summed E-state index contributed by atoms with van der Waals surface area (Å²) < 4.78 is 42.9. The van der Waals surface area contributed by atoms with Crippen molar-refractivity contribution in [2.24, 2.45) is 0 Å². The summed E-state index contributed by atoms with van der Waals surface area (Å²) in [6.07, 6.45) is -3.93. The van der Waals surface area contributed by atoms with E-state index in [4.69, 9.17) is 22.1 Å². The number of rotatable bonds is 2. The fraction of sp³-hybridized carbons (Fsp3) is 0.0909. The predicted molar refractivity (Wildman–Crippen MR) is 63.0 cm³/mol. The Kier molecular flexibility index (Phi) is 3.48. The van der Waals surface area contributed by atoms with Gasteiger partial charge >= 0.3 is 6.18 Å². The molecular formula is C11H7ClF3N3O. The van der Waals surface area contributed by atoms with E-state index in [1.165, 1.54) is 24.3 Å². The van der Waals surface area contributed by atoms with Crippen molar-refractivity contribution in [3.05, 3.63) is 41.3 Å². The minimum atomic E-state index is -4.67. The van der Waals surface area contributed by atoms with E-state index >= 15 is 0 Å². The summed E-state index contributed by atoms with van der Waals surface area (Å²) in [5, 5.41) is -0.688. The summed E-state index contributed by atoms with van der Waals surface area (Å²) in [6.45, 7) is 0. The first kappa shape index (κ1) is 13.4. The molecule has 2 N–H and O–H groups in total. The van der Waals surface area contributed by atoms with Gasteiger partial charge in [-0.1, -0.05) is 11.6 Å². The molecule has 0 atom stereocenters. The van der Waals surface area contributed by atoms with E-state index in [1.54, 1.807) is 0 Å². The van der Waals surface area contributed by atoms with Crippen LogP contribution in [0.4, 0.5) is 18.9 Å². The lowest BCUT2D eigenvalue weighted by Gasteiger charge is -2.11. The number of halogens is 4. The summed E-state index contributed by atoms with van der Waals surface area (Å²) >= 11 is 5.58. The van der Waals surface area contributed by atoms with Crippen LogP contribution < -0.4 is 10.5 Å². The van der Waals surface area contributed by atoms with Crippen molar-refractivity contribution in [2.45, 2.75) is 6.18 Å². The zero-order chi connectivity index (χ0) is 14.0. The van der Waals surface area contributed by atoms with Crippen LogP contribution >= 0.6 is 11.6 Å². The highest BCUT2D eigenvalue weighted by atomic mass is 35.5. The Balaban J connectivity index is 2.33. The molecule has 0 aliphatic heterocycles. The first-order valence-electron chi connectivity index (χ1n) is 4.99. The zero-order valence-corrected chi connectivity index (χ0v) is 10.0. The molecular weight excluding hydrogens is 283 g/mol. The summed E-state index contributed by atoms with van der Waals surface area (Å²) in [5.74, 6) is -0.100. The molecule has 2 rings (SSSR count). The highest BCUT2D eigenvalue weighted by Crippen LogP contribution is 2.37. The van der Waals surface area contributed by atoms with Gasteiger partial charge in [0.15, 0.2) is 5.69 Å². The second-order valence-electron chi connectivity index (χ2n) is 3.51. The average Bonchev–Trinajstić information content (AvgIpc) is 2.33. The number of nitrogens with two attached hydrogens (primary N) is 1. The molecule has 0 spiro atoms. The third kappa shape index (κ3) is 3.05. The van der Waals surface area contributed by atoms with Crippen molar-refractivity contribution in [1.82, 2.24) is 9.97 Å². The molecule has 0 saturated carbocycles. The number of anilines is 1. The van der Waals surface area contributed by atoms with Gasteiger partial charge in [-0.25, -0.2) is 9.97 Å². The number of hydrogen-bond donors (Lipinski definition) is 1. The van der Waals surface area contributed by atoms with Gasteiger partial charge in [0.25, 0.3) is 0 Å². The maximum atomic E-state index is 12.6. The Labute approximate surface area is 111 Å². The smallest absolute Gasteiger partial charge is 0.435 e. The van der Waals surface area contributed by atoms with Crippen LogP contribution in [0.1, 0.15) is 5.69 Å². The first-order chi connectivity index (χ1) is 8.88. The lowest BCUT2D eigenvalue weighted by molar-refractivity contribution is -0.141. The van der Waals surface area contributed by atoms with Crippen LogP contribution in [0.15, 0.2) is 30.6 Å². The lowest BCUT2D eigenvalue weighted by Crippen LogP contribution is -2.10. The van der Waals surface area contributed by atoms with Crippen LogP contribution in [0.5, 0.6) is 11.6 Å². The maximum absolute atomic E-state index is 12.6. The monoisotopic (exact) mass is 289 g/mol. The minimum absolute atomic E-state index is 0.267. The fourth-order valence-corrected chi connectivity index (χ4v) is 1.51. The van der Waals surface area contributed by atoms with E-state index in [0.717, 1.165) is 6.33 Å². The van der Waals surface area contributed by atoms with Gasteiger partial charge in [0.2, 0.25) is 5.88 Å². The van der Waals surface area contributed by atoms with E-state index in [9.17, 15) is 13.2 Å². The largest absolute Gasteiger partial charge is 0.437 e. The van der Waals surface area contributed by atoms with Crippen LogP contribution in [0, 0.1) is 0 Å². The van der Waals surface area contributed by atoms with Gasteiger partial charge in [0.05, 0.1) is 0 Å². The molecule has 8 heteroatoms. The van der Waals surface area contributed by atoms with E-state index in [0.29, 0.717) is 5.69 Å². The molecule has 19 heavy (non-hydrogen) atoms. The Bertz CT molecular complexity index is 587. The topological polar surface area (TPSA) is 61.0 Å². The molecule has 0 radical (unpaired) electrons. The third-order valence-electron chi connectivity index (χ3n) is 2.12. The Hall–Kier alpha value is -2.02. The molecule has 1 aromatic heterocycles. The molecule has 100 valence electrons. The van der Waals surface area contributed by atoms with E-state index in [2.05, 4.69) is 9.97 Å². The highest BCUT2D eigenvalue weighted by Gasteiger charge is 2.37. The summed E-state index contributed by atoms with van der Waals surface area (Å²) in [6, 6.07) is 6.05. The van der Waals surface area contributed by atoms with Crippen LogP contribution in [0.3, 0.4) is 0 Å². The SMILES string of the molecule is Nc1ccc(Oc2ncnc(C(F)(F)F)c2Cl)cc1. The van der Waals surface area contributed by atoms with Crippen molar-refractivity contribution in [2.75, 3.05) is 5.73 Å². The molecule has 0 fully saturated rings. The van der Waals surface area contributed by atoms with Gasteiger partial charge in [0, 0.05) is 5.69 Å². The van der Waals surface area contributed by atoms with E-state index in [-0.39, 0.29) is 11.6 Å². The van der Waals surface area contributed by atoms with Gasteiger partial charge in [-0.05, 0) is 24.3 Å². The number of benzene rings is 1. The normalized spacial score (nSPS) is 11.4. The van der Waals surface area contributed by atoms with Crippen molar-refractivity contribution < 1.29 is 17.9 Å². The molecule has 0 saturated heterocycles. The van der Waals surface area contributed by atoms with Gasteiger partial charge in [0.1, 0.15) is 17.1 Å². The summed E-state index contributed by atoms with van der Waals surface area (Å²) in [5.41, 5.74) is 4.73.